The monoisotopic (exact) mass is 271 g/mol. The number of anilines is 1. The molecule has 3 rings (SSSR count). The molecule has 0 bridgehead atoms. The number of fused-ring (bicyclic) bond motifs is 1. The molecule has 1 N–H and O–H groups in total. The molecule has 1 heterocycles. The quantitative estimate of drug-likeness (QED) is 0.872. The molecule has 0 radical (unpaired) electrons. The molecule has 0 aliphatic heterocycles. The molecule has 19 heavy (non-hydrogen) atoms. The summed E-state index contributed by atoms with van der Waals surface area (Å²) in [4.78, 5) is 13.8. The molecule has 1 aromatic carbocycles. The zero-order valence-electron chi connectivity index (χ0n) is 11.0. The van der Waals surface area contributed by atoms with Crippen LogP contribution < -0.4 is 5.32 Å². The van der Waals surface area contributed by atoms with Crippen LogP contribution in [0.25, 0.3) is 0 Å². The summed E-state index contributed by atoms with van der Waals surface area (Å²) in [6.07, 6.45) is 4.65. The normalized spacial score (nSPS) is 13.9. The summed E-state index contributed by atoms with van der Waals surface area (Å²) in [6, 6.07) is 7.93. The second-order valence-corrected chi connectivity index (χ2v) is 6.05. The maximum atomic E-state index is 12.4. The first kappa shape index (κ1) is 12.4. The van der Waals surface area contributed by atoms with Crippen molar-refractivity contribution >= 4 is 22.9 Å². The minimum absolute atomic E-state index is 0.0324. The van der Waals surface area contributed by atoms with Gasteiger partial charge in [0.1, 0.15) is 0 Å². The first-order valence-corrected chi connectivity index (χ1v) is 7.59. The van der Waals surface area contributed by atoms with Gasteiger partial charge >= 0.3 is 0 Å². The second-order valence-electron chi connectivity index (χ2n) is 5.08. The molecule has 2 aromatic rings. The summed E-state index contributed by atoms with van der Waals surface area (Å²) in [7, 11) is 0. The molecular formula is C16H17NOS. The molecule has 1 aliphatic rings. The Balaban J connectivity index is 1.83. The van der Waals surface area contributed by atoms with Gasteiger partial charge in [-0.2, -0.15) is 0 Å². The molecule has 0 atom stereocenters. The number of benzene rings is 1. The van der Waals surface area contributed by atoms with Gasteiger partial charge in [0, 0.05) is 15.9 Å². The highest BCUT2D eigenvalue weighted by Gasteiger charge is 2.20. The van der Waals surface area contributed by atoms with Crippen molar-refractivity contribution in [3.05, 3.63) is 51.2 Å². The molecule has 0 unspecified atom stereocenters. The molecule has 1 amide bonds. The lowest BCUT2D eigenvalue weighted by Gasteiger charge is -2.12. The van der Waals surface area contributed by atoms with Crippen LogP contribution in [0.5, 0.6) is 0 Å². The van der Waals surface area contributed by atoms with E-state index < -0.39 is 0 Å². The second kappa shape index (κ2) is 5.17. The Morgan fingerprint density at radius 3 is 2.95 bits per heavy atom. The Kier molecular flexibility index (Phi) is 3.38. The van der Waals surface area contributed by atoms with Gasteiger partial charge in [-0.15, -0.1) is 11.3 Å². The lowest BCUT2D eigenvalue weighted by Crippen LogP contribution is -2.14. The molecule has 2 nitrogen and oxygen atoms in total. The van der Waals surface area contributed by atoms with Crippen molar-refractivity contribution in [2.24, 2.45) is 0 Å². The SMILES string of the molecule is Cc1cccc(NC(=O)c2csc3c2CCCC3)c1. The summed E-state index contributed by atoms with van der Waals surface area (Å²) in [6.45, 7) is 2.03. The fraction of sp³-hybridized carbons (Fsp3) is 0.312. The number of nitrogens with one attached hydrogen (secondary N) is 1. The third-order valence-corrected chi connectivity index (χ3v) is 4.67. The zero-order valence-corrected chi connectivity index (χ0v) is 11.8. The smallest absolute Gasteiger partial charge is 0.256 e. The van der Waals surface area contributed by atoms with E-state index in [1.54, 1.807) is 11.3 Å². The predicted molar refractivity (Wildman–Crippen MR) is 80.1 cm³/mol. The van der Waals surface area contributed by atoms with Crippen LogP contribution in [0.3, 0.4) is 0 Å². The predicted octanol–water partition coefficient (Wildman–Crippen LogP) is 4.19. The largest absolute Gasteiger partial charge is 0.322 e. The molecule has 0 spiro atoms. The van der Waals surface area contributed by atoms with E-state index in [1.807, 2.05) is 36.6 Å². The Morgan fingerprint density at radius 2 is 2.11 bits per heavy atom. The van der Waals surface area contributed by atoms with Crippen molar-refractivity contribution in [2.45, 2.75) is 32.6 Å². The highest BCUT2D eigenvalue weighted by Crippen LogP contribution is 2.30. The molecule has 3 heteroatoms. The van der Waals surface area contributed by atoms with Crippen molar-refractivity contribution in [1.82, 2.24) is 0 Å². The van der Waals surface area contributed by atoms with Crippen LogP contribution in [0.4, 0.5) is 5.69 Å². The Bertz CT molecular complexity index is 615. The topological polar surface area (TPSA) is 29.1 Å². The molecule has 0 saturated heterocycles. The van der Waals surface area contributed by atoms with E-state index in [0.717, 1.165) is 29.7 Å². The van der Waals surface area contributed by atoms with E-state index >= 15 is 0 Å². The van der Waals surface area contributed by atoms with E-state index in [9.17, 15) is 4.79 Å². The minimum atomic E-state index is 0.0324. The van der Waals surface area contributed by atoms with Gasteiger partial charge < -0.3 is 5.32 Å². The average Bonchev–Trinajstić information content (AvgIpc) is 2.82. The van der Waals surface area contributed by atoms with Gasteiger partial charge in [0.25, 0.3) is 5.91 Å². The maximum Gasteiger partial charge on any atom is 0.256 e. The van der Waals surface area contributed by atoms with E-state index in [4.69, 9.17) is 0 Å². The van der Waals surface area contributed by atoms with Crippen LogP contribution in [-0.4, -0.2) is 5.91 Å². The van der Waals surface area contributed by atoms with Gasteiger partial charge in [0.15, 0.2) is 0 Å². The number of hydrogen-bond acceptors (Lipinski definition) is 2. The Hall–Kier alpha value is -1.61. The number of amides is 1. The highest BCUT2D eigenvalue weighted by molar-refractivity contribution is 7.10. The van der Waals surface area contributed by atoms with E-state index in [1.165, 1.54) is 23.3 Å². The van der Waals surface area contributed by atoms with Gasteiger partial charge in [-0.25, -0.2) is 0 Å². The van der Waals surface area contributed by atoms with Crippen molar-refractivity contribution < 1.29 is 4.79 Å². The Morgan fingerprint density at radius 1 is 1.26 bits per heavy atom. The van der Waals surface area contributed by atoms with Gasteiger partial charge in [-0.05, 0) is 55.9 Å². The lowest BCUT2D eigenvalue weighted by atomic mass is 9.95. The number of aryl methyl sites for hydroxylation is 2. The third-order valence-electron chi connectivity index (χ3n) is 3.58. The van der Waals surface area contributed by atoms with Crippen LogP contribution in [-0.2, 0) is 12.8 Å². The standard InChI is InChI=1S/C16H17NOS/c1-11-5-4-6-12(9-11)17-16(18)14-10-19-15-8-3-2-7-13(14)15/h4-6,9-10H,2-3,7-8H2,1H3,(H,17,18). The molecular weight excluding hydrogens is 254 g/mol. The number of thiophene rings is 1. The number of carbonyl (C=O) groups excluding carboxylic acids is 1. The summed E-state index contributed by atoms with van der Waals surface area (Å²) in [5, 5.41) is 5.02. The van der Waals surface area contributed by atoms with E-state index in [-0.39, 0.29) is 5.91 Å². The highest BCUT2D eigenvalue weighted by atomic mass is 32.1. The number of carbonyl (C=O) groups is 1. The van der Waals surface area contributed by atoms with Gasteiger partial charge in [-0.1, -0.05) is 12.1 Å². The fourth-order valence-corrected chi connectivity index (χ4v) is 3.73. The lowest BCUT2D eigenvalue weighted by molar-refractivity contribution is 0.102. The molecule has 1 aromatic heterocycles. The summed E-state index contributed by atoms with van der Waals surface area (Å²) < 4.78 is 0. The fourth-order valence-electron chi connectivity index (χ4n) is 2.61. The molecule has 1 aliphatic carbocycles. The van der Waals surface area contributed by atoms with Crippen LogP contribution in [0.2, 0.25) is 0 Å². The summed E-state index contributed by atoms with van der Waals surface area (Å²) in [5.74, 6) is 0.0324. The van der Waals surface area contributed by atoms with Crippen LogP contribution in [0.15, 0.2) is 29.6 Å². The zero-order chi connectivity index (χ0) is 13.2. The van der Waals surface area contributed by atoms with Crippen molar-refractivity contribution in [1.29, 1.82) is 0 Å². The average molecular weight is 271 g/mol. The van der Waals surface area contributed by atoms with Crippen molar-refractivity contribution in [3.8, 4) is 0 Å². The Labute approximate surface area is 117 Å². The minimum Gasteiger partial charge on any atom is -0.322 e. The molecule has 98 valence electrons. The van der Waals surface area contributed by atoms with Gasteiger partial charge in [0.2, 0.25) is 0 Å². The van der Waals surface area contributed by atoms with Gasteiger partial charge in [-0.3, -0.25) is 4.79 Å². The third kappa shape index (κ3) is 2.56. The van der Waals surface area contributed by atoms with E-state index in [0.29, 0.717) is 0 Å². The maximum absolute atomic E-state index is 12.4. The first-order valence-electron chi connectivity index (χ1n) is 6.71. The molecule has 0 fully saturated rings. The van der Waals surface area contributed by atoms with E-state index in [2.05, 4.69) is 5.32 Å². The van der Waals surface area contributed by atoms with Crippen LogP contribution in [0, 0.1) is 6.92 Å². The number of hydrogen-bond donors (Lipinski definition) is 1. The van der Waals surface area contributed by atoms with Crippen LogP contribution >= 0.6 is 11.3 Å². The molecule has 0 saturated carbocycles. The van der Waals surface area contributed by atoms with Crippen molar-refractivity contribution in [3.63, 3.8) is 0 Å². The summed E-state index contributed by atoms with van der Waals surface area (Å²) in [5.41, 5.74) is 4.19. The van der Waals surface area contributed by atoms with Gasteiger partial charge in [0.05, 0.1) is 5.56 Å². The van der Waals surface area contributed by atoms with Crippen molar-refractivity contribution in [2.75, 3.05) is 5.32 Å². The number of rotatable bonds is 2. The first-order chi connectivity index (χ1) is 9.24. The summed E-state index contributed by atoms with van der Waals surface area (Å²) >= 11 is 1.73. The van der Waals surface area contributed by atoms with Crippen LogP contribution in [0.1, 0.15) is 39.2 Å².